The number of aromatic amines is 1. The van der Waals surface area contributed by atoms with E-state index in [4.69, 9.17) is 21.1 Å². The monoisotopic (exact) mass is 512 g/mol. The van der Waals surface area contributed by atoms with Crippen molar-refractivity contribution in [2.45, 2.75) is 39.0 Å². The number of methoxy groups -OCH3 is 2. The third-order valence-electron chi connectivity index (χ3n) is 6.22. The van der Waals surface area contributed by atoms with Gasteiger partial charge in [-0.25, -0.2) is 0 Å². The van der Waals surface area contributed by atoms with Crippen LogP contribution in [0, 0.1) is 0 Å². The molecule has 0 saturated heterocycles. The lowest BCUT2D eigenvalue weighted by molar-refractivity contribution is -0.129. The Kier molecular flexibility index (Phi) is 9.42. The second-order valence-electron chi connectivity index (χ2n) is 8.64. The molecule has 1 heterocycles. The highest BCUT2D eigenvalue weighted by Gasteiger charge is 2.25. The maximum atomic E-state index is 13.0. The van der Waals surface area contributed by atoms with Crippen molar-refractivity contribution in [3.05, 3.63) is 74.7 Å². The number of aromatic hydroxyl groups is 1. The number of carbonyl (C=O) groups excluding carboxylic acids is 1. The van der Waals surface area contributed by atoms with Gasteiger partial charge in [-0.05, 0) is 49.1 Å². The number of benzene rings is 2. The first-order valence-corrected chi connectivity index (χ1v) is 12.3. The average molecular weight is 513 g/mol. The van der Waals surface area contributed by atoms with E-state index in [2.05, 4.69) is 4.98 Å². The fourth-order valence-electron chi connectivity index (χ4n) is 4.11. The SMILES string of the molecule is CCCCc1[nH]c(=O)c(CC(=O)N(C)CCc2ccc(Cl)cc2)c(O)c1-c1c(OC)cccc1OC. The third kappa shape index (κ3) is 6.21. The van der Waals surface area contributed by atoms with Crippen molar-refractivity contribution in [1.82, 2.24) is 9.88 Å². The van der Waals surface area contributed by atoms with Gasteiger partial charge >= 0.3 is 0 Å². The van der Waals surface area contributed by atoms with E-state index in [1.54, 1.807) is 30.1 Å². The molecule has 192 valence electrons. The third-order valence-corrected chi connectivity index (χ3v) is 6.48. The second-order valence-corrected chi connectivity index (χ2v) is 9.08. The highest BCUT2D eigenvalue weighted by Crippen LogP contribution is 2.44. The van der Waals surface area contributed by atoms with Gasteiger partial charge in [0, 0.05) is 24.3 Å². The van der Waals surface area contributed by atoms with Crippen LogP contribution in [-0.4, -0.2) is 48.7 Å². The summed E-state index contributed by atoms with van der Waals surface area (Å²) in [5.74, 6) is 0.481. The number of unbranched alkanes of at least 4 members (excludes halogenated alkanes) is 1. The van der Waals surface area contributed by atoms with Crippen LogP contribution in [0.25, 0.3) is 11.1 Å². The summed E-state index contributed by atoms with van der Waals surface area (Å²) >= 11 is 5.94. The highest BCUT2D eigenvalue weighted by atomic mass is 35.5. The topological polar surface area (TPSA) is 91.9 Å². The Hall–Kier alpha value is -3.45. The smallest absolute Gasteiger partial charge is 0.255 e. The number of ether oxygens (including phenoxy) is 2. The number of H-pyrrole nitrogens is 1. The summed E-state index contributed by atoms with van der Waals surface area (Å²) in [7, 11) is 4.75. The van der Waals surface area contributed by atoms with Crippen molar-refractivity contribution in [2.75, 3.05) is 27.8 Å². The molecule has 0 spiro atoms. The molecule has 3 aromatic rings. The molecule has 0 bridgehead atoms. The lowest BCUT2D eigenvalue weighted by atomic mass is 9.95. The quantitative estimate of drug-likeness (QED) is 0.377. The molecule has 2 N–H and O–H groups in total. The van der Waals surface area contributed by atoms with Gasteiger partial charge in [-0.3, -0.25) is 9.59 Å². The lowest BCUT2D eigenvalue weighted by Crippen LogP contribution is -2.32. The van der Waals surface area contributed by atoms with E-state index in [1.165, 1.54) is 14.2 Å². The molecular weight excluding hydrogens is 480 g/mol. The van der Waals surface area contributed by atoms with E-state index >= 15 is 0 Å². The van der Waals surface area contributed by atoms with Gasteiger partial charge in [-0.15, -0.1) is 0 Å². The first kappa shape index (κ1) is 27.1. The minimum atomic E-state index is -0.476. The van der Waals surface area contributed by atoms with Crippen LogP contribution in [-0.2, 0) is 24.1 Å². The van der Waals surface area contributed by atoms with E-state index in [1.807, 2.05) is 31.2 Å². The first-order valence-electron chi connectivity index (χ1n) is 12.0. The summed E-state index contributed by atoms with van der Waals surface area (Å²) in [6.45, 7) is 2.51. The van der Waals surface area contributed by atoms with Crippen LogP contribution in [0.4, 0.5) is 0 Å². The Balaban J connectivity index is 1.97. The summed E-state index contributed by atoms with van der Waals surface area (Å²) in [4.78, 5) is 30.5. The van der Waals surface area contributed by atoms with Gasteiger partial charge in [0.05, 0.1) is 37.3 Å². The molecule has 0 fully saturated rings. The van der Waals surface area contributed by atoms with Crippen molar-refractivity contribution in [2.24, 2.45) is 0 Å². The number of likely N-dealkylation sites (N-methyl/N-ethyl adjacent to an activating group) is 1. The van der Waals surface area contributed by atoms with Crippen molar-refractivity contribution in [3.8, 4) is 28.4 Å². The Morgan fingerprint density at radius 3 is 2.25 bits per heavy atom. The van der Waals surface area contributed by atoms with Crippen LogP contribution < -0.4 is 15.0 Å². The standard InChI is InChI=1S/C28H33ClN2O5/c1-5-6-8-21-25(26-22(35-3)9-7-10-23(26)36-4)27(33)20(28(34)30-21)17-24(32)31(2)16-15-18-11-13-19(29)14-12-18/h7,9-14H,5-6,8,15-17H2,1-4H3,(H2,30,33,34). The zero-order chi connectivity index (χ0) is 26.2. The Labute approximate surface area is 216 Å². The number of aryl methyl sites for hydroxylation is 1. The van der Waals surface area contributed by atoms with Crippen LogP contribution in [0.3, 0.4) is 0 Å². The Bertz CT molecular complexity index is 1230. The molecule has 1 amide bonds. The second kappa shape index (κ2) is 12.5. The maximum absolute atomic E-state index is 13.0. The van der Waals surface area contributed by atoms with Gasteiger partial charge < -0.3 is 24.5 Å². The van der Waals surface area contributed by atoms with Crippen molar-refractivity contribution in [3.63, 3.8) is 0 Å². The van der Waals surface area contributed by atoms with Gasteiger partial charge in [0.2, 0.25) is 5.91 Å². The van der Waals surface area contributed by atoms with Crippen LogP contribution in [0.15, 0.2) is 47.3 Å². The minimum Gasteiger partial charge on any atom is -0.507 e. The number of amides is 1. The molecule has 3 rings (SSSR count). The molecule has 8 heteroatoms. The molecule has 0 radical (unpaired) electrons. The fraction of sp³-hybridized carbons (Fsp3) is 0.357. The van der Waals surface area contributed by atoms with E-state index < -0.39 is 5.56 Å². The number of pyridine rings is 1. The Morgan fingerprint density at radius 2 is 1.67 bits per heavy atom. The number of nitrogens with one attached hydrogen (secondary N) is 1. The molecule has 7 nitrogen and oxygen atoms in total. The lowest BCUT2D eigenvalue weighted by Gasteiger charge is -2.20. The largest absolute Gasteiger partial charge is 0.507 e. The zero-order valence-corrected chi connectivity index (χ0v) is 21.9. The van der Waals surface area contributed by atoms with Crippen LogP contribution in [0.1, 0.15) is 36.6 Å². The molecule has 2 aromatic carbocycles. The maximum Gasteiger partial charge on any atom is 0.255 e. The van der Waals surface area contributed by atoms with Gasteiger partial charge in [-0.2, -0.15) is 0 Å². The summed E-state index contributed by atoms with van der Waals surface area (Å²) in [5, 5.41) is 12.0. The number of aromatic nitrogens is 1. The van der Waals surface area contributed by atoms with Crippen molar-refractivity contribution >= 4 is 17.5 Å². The van der Waals surface area contributed by atoms with Gasteiger partial charge in [0.1, 0.15) is 17.2 Å². The molecule has 0 aliphatic rings. The van der Waals surface area contributed by atoms with E-state index in [-0.39, 0.29) is 23.6 Å². The van der Waals surface area contributed by atoms with Crippen molar-refractivity contribution < 1.29 is 19.4 Å². The van der Waals surface area contributed by atoms with Crippen LogP contribution in [0.5, 0.6) is 17.2 Å². The summed E-state index contributed by atoms with van der Waals surface area (Å²) in [6.07, 6.45) is 2.67. The van der Waals surface area contributed by atoms with E-state index in [9.17, 15) is 14.7 Å². The number of nitrogens with zero attached hydrogens (tertiary/aromatic N) is 1. The normalized spacial score (nSPS) is 10.8. The number of carbonyl (C=O) groups is 1. The average Bonchev–Trinajstić information content (AvgIpc) is 2.88. The predicted octanol–water partition coefficient (Wildman–Crippen LogP) is 5.00. The van der Waals surface area contributed by atoms with Gasteiger partial charge in [0.15, 0.2) is 0 Å². The molecule has 0 aliphatic heterocycles. The number of hydrogen-bond donors (Lipinski definition) is 2. The number of halogens is 1. The van der Waals surface area contributed by atoms with E-state index in [0.717, 1.165) is 18.4 Å². The number of hydrogen-bond acceptors (Lipinski definition) is 5. The zero-order valence-electron chi connectivity index (χ0n) is 21.2. The molecule has 0 atom stereocenters. The Morgan fingerprint density at radius 1 is 1.03 bits per heavy atom. The van der Waals surface area contributed by atoms with E-state index in [0.29, 0.717) is 52.7 Å². The molecule has 1 aromatic heterocycles. The first-order chi connectivity index (χ1) is 17.3. The summed E-state index contributed by atoms with van der Waals surface area (Å²) in [6, 6.07) is 12.8. The predicted molar refractivity (Wildman–Crippen MR) is 142 cm³/mol. The molecule has 36 heavy (non-hydrogen) atoms. The molecule has 0 unspecified atom stereocenters. The van der Waals surface area contributed by atoms with Gasteiger partial charge in [0.25, 0.3) is 5.56 Å². The number of rotatable bonds is 11. The highest BCUT2D eigenvalue weighted by molar-refractivity contribution is 6.30. The van der Waals surface area contributed by atoms with Crippen LogP contribution >= 0.6 is 11.6 Å². The fourth-order valence-corrected chi connectivity index (χ4v) is 4.23. The molecular formula is C28H33ClN2O5. The van der Waals surface area contributed by atoms with Gasteiger partial charge in [-0.1, -0.05) is 43.1 Å². The molecule has 0 saturated carbocycles. The summed E-state index contributed by atoms with van der Waals surface area (Å²) < 4.78 is 11.1. The minimum absolute atomic E-state index is 0.0153. The van der Waals surface area contributed by atoms with Crippen LogP contribution in [0.2, 0.25) is 5.02 Å². The molecule has 0 aliphatic carbocycles. The summed E-state index contributed by atoms with van der Waals surface area (Å²) in [5.41, 5.74) is 2.12. The van der Waals surface area contributed by atoms with Crippen molar-refractivity contribution in [1.29, 1.82) is 0 Å².